The molecule has 3 heteroatoms. The number of ether oxygens (including phenoxy) is 1. The molecule has 16 heavy (non-hydrogen) atoms. The Morgan fingerprint density at radius 1 is 1.50 bits per heavy atom. The molecule has 0 aliphatic heterocycles. The number of carbonyl (C=O) groups excluding carboxylic acids is 2. The van der Waals surface area contributed by atoms with Gasteiger partial charge in [0.1, 0.15) is 0 Å². The van der Waals surface area contributed by atoms with Crippen molar-refractivity contribution in [3.8, 4) is 11.8 Å². The Kier molecular flexibility index (Phi) is 4.28. The summed E-state index contributed by atoms with van der Waals surface area (Å²) in [6.07, 6.45) is 0.724. The summed E-state index contributed by atoms with van der Waals surface area (Å²) in [5.41, 5.74) is 1.99. The van der Waals surface area contributed by atoms with Gasteiger partial charge in [0.05, 0.1) is 6.61 Å². The summed E-state index contributed by atoms with van der Waals surface area (Å²) < 4.78 is 4.66. The summed E-state index contributed by atoms with van der Waals surface area (Å²) in [5.74, 6) is 4.36. The van der Waals surface area contributed by atoms with Crippen LogP contribution in [-0.2, 0) is 9.53 Å². The monoisotopic (exact) mass is 216 g/mol. The lowest BCUT2D eigenvalue weighted by molar-refractivity contribution is -0.136. The van der Waals surface area contributed by atoms with E-state index in [0.717, 1.165) is 11.8 Å². The molecule has 0 spiro atoms. The van der Waals surface area contributed by atoms with Crippen LogP contribution in [-0.4, -0.2) is 18.9 Å². The predicted octanol–water partition coefficient (Wildman–Crippen LogP) is 1.72. The van der Waals surface area contributed by atoms with E-state index in [4.69, 9.17) is 0 Å². The van der Waals surface area contributed by atoms with Crippen molar-refractivity contribution in [3.63, 3.8) is 0 Å². The van der Waals surface area contributed by atoms with Gasteiger partial charge in [-0.2, -0.15) is 0 Å². The highest BCUT2D eigenvalue weighted by Crippen LogP contribution is 2.08. The van der Waals surface area contributed by atoms with Crippen molar-refractivity contribution >= 4 is 12.3 Å². The maximum absolute atomic E-state index is 11.0. The van der Waals surface area contributed by atoms with Gasteiger partial charge in [-0.1, -0.05) is 17.6 Å². The molecule has 1 rings (SSSR count). The van der Waals surface area contributed by atoms with Crippen LogP contribution >= 0.6 is 0 Å². The first-order valence-electron chi connectivity index (χ1n) is 4.92. The minimum atomic E-state index is -0.583. The number of hydrogen-bond donors (Lipinski definition) is 0. The molecule has 82 valence electrons. The number of rotatable bonds is 2. The number of esters is 1. The van der Waals surface area contributed by atoms with Gasteiger partial charge in [0, 0.05) is 17.0 Å². The second kappa shape index (κ2) is 5.72. The molecule has 1 aromatic carbocycles. The van der Waals surface area contributed by atoms with Gasteiger partial charge >= 0.3 is 5.97 Å². The van der Waals surface area contributed by atoms with Crippen molar-refractivity contribution in [2.75, 3.05) is 6.61 Å². The van der Waals surface area contributed by atoms with E-state index in [-0.39, 0.29) is 0 Å². The fraction of sp³-hybridized carbons (Fsp3) is 0.231. The van der Waals surface area contributed by atoms with Gasteiger partial charge in [0.25, 0.3) is 0 Å². The van der Waals surface area contributed by atoms with Crippen molar-refractivity contribution in [1.29, 1.82) is 0 Å². The third kappa shape index (κ3) is 3.25. The Morgan fingerprint density at radius 3 is 2.88 bits per heavy atom. The van der Waals surface area contributed by atoms with Crippen LogP contribution in [0, 0.1) is 18.8 Å². The van der Waals surface area contributed by atoms with Crippen LogP contribution in [0.4, 0.5) is 0 Å². The second-order valence-corrected chi connectivity index (χ2v) is 3.18. The number of benzene rings is 1. The zero-order chi connectivity index (χ0) is 12.0. The highest BCUT2D eigenvalue weighted by molar-refractivity contribution is 5.90. The molecular weight excluding hydrogens is 204 g/mol. The summed E-state index contributed by atoms with van der Waals surface area (Å²) >= 11 is 0. The van der Waals surface area contributed by atoms with Crippen LogP contribution in [0.15, 0.2) is 18.2 Å². The van der Waals surface area contributed by atoms with Crippen LogP contribution < -0.4 is 0 Å². The zero-order valence-electron chi connectivity index (χ0n) is 9.24. The van der Waals surface area contributed by atoms with Gasteiger partial charge in [-0.05, 0) is 26.0 Å². The van der Waals surface area contributed by atoms with Crippen LogP contribution in [0.5, 0.6) is 0 Å². The molecule has 1 aromatic rings. The van der Waals surface area contributed by atoms with E-state index < -0.39 is 5.97 Å². The van der Waals surface area contributed by atoms with E-state index in [2.05, 4.69) is 16.6 Å². The molecular formula is C13H12O3. The Morgan fingerprint density at radius 2 is 2.25 bits per heavy atom. The fourth-order valence-corrected chi connectivity index (χ4v) is 1.18. The molecule has 0 amide bonds. The SMILES string of the molecule is CCOC(=O)C#Cc1ccc(C)cc1C=O. The molecule has 0 radical (unpaired) electrons. The number of aryl methyl sites for hydroxylation is 1. The molecule has 0 saturated carbocycles. The lowest BCUT2D eigenvalue weighted by Crippen LogP contribution is -2.00. The van der Waals surface area contributed by atoms with Gasteiger partial charge in [-0.15, -0.1) is 0 Å². The van der Waals surface area contributed by atoms with Crippen molar-refractivity contribution in [3.05, 3.63) is 34.9 Å². The zero-order valence-corrected chi connectivity index (χ0v) is 9.24. The van der Waals surface area contributed by atoms with Crippen molar-refractivity contribution in [1.82, 2.24) is 0 Å². The van der Waals surface area contributed by atoms with Gasteiger partial charge in [0.15, 0.2) is 6.29 Å². The van der Waals surface area contributed by atoms with Gasteiger partial charge in [-0.3, -0.25) is 4.79 Å². The number of hydrogen-bond acceptors (Lipinski definition) is 3. The number of aldehydes is 1. The van der Waals surface area contributed by atoms with Gasteiger partial charge < -0.3 is 4.74 Å². The molecule has 0 heterocycles. The van der Waals surface area contributed by atoms with E-state index >= 15 is 0 Å². The third-order valence-electron chi connectivity index (χ3n) is 1.91. The quantitative estimate of drug-likeness (QED) is 0.429. The normalized spacial score (nSPS) is 8.88. The largest absolute Gasteiger partial charge is 0.456 e. The van der Waals surface area contributed by atoms with E-state index in [0.29, 0.717) is 17.7 Å². The average molecular weight is 216 g/mol. The number of carbonyl (C=O) groups is 2. The Bertz CT molecular complexity index is 464. The molecule has 3 nitrogen and oxygen atoms in total. The average Bonchev–Trinajstić information content (AvgIpc) is 2.27. The van der Waals surface area contributed by atoms with Crippen LogP contribution in [0.2, 0.25) is 0 Å². The van der Waals surface area contributed by atoms with Crippen LogP contribution in [0.1, 0.15) is 28.4 Å². The maximum Gasteiger partial charge on any atom is 0.384 e. The predicted molar refractivity (Wildman–Crippen MR) is 60.1 cm³/mol. The second-order valence-electron chi connectivity index (χ2n) is 3.18. The van der Waals surface area contributed by atoms with Gasteiger partial charge in [-0.25, -0.2) is 4.79 Å². The molecule has 0 aromatic heterocycles. The Hall–Kier alpha value is -2.08. The fourth-order valence-electron chi connectivity index (χ4n) is 1.18. The Labute approximate surface area is 94.4 Å². The first-order chi connectivity index (χ1) is 7.67. The Balaban J connectivity index is 2.96. The first kappa shape index (κ1) is 12.0. The van der Waals surface area contributed by atoms with Gasteiger partial charge in [0.2, 0.25) is 0 Å². The van der Waals surface area contributed by atoms with Crippen molar-refractivity contribution in [2.45, 2.75) is 13.8 Å². The highest BCUT2D eigenvalue weighted by Gasteiger charge is 1.99. The molecule has 0 aliphatic rings. The van der Waals surface area contributed by atoms with E-state index in [1.807, 2.05) is 13.0 Å². The van der Waals surface area contributed by atoms with Crippen LogP contribution in [0.3, 0.4) is 0 Å². The molecule has 0 unspecified atom stereocenters. The molecule has 0 N–H and O–H groups in total. The van der Waals surface area contributed by atoms with E-state index in [9.17, 15) is 9.59 Å². The third-order valence-corrected chi connectivity index (χ3v) is 1.91. The van der Waals surface area contributed by atoms with Crippen molar-refractivity contribution < 1.29 is 14.3 Å². The van der Waals surface area contributed by atoms with Crippen LogP contribution in [0.25, 0.3) is 0 Å². The summed E-state index contributed by atoms with van der Waals surface area (Å²) in [4.78, 5) is 21.8. The smallest absolute Gasteiger partial charge is 0.384 e. The maximum atomic E-state index is 11.0. The molecule has 0 atom stereocenters. The summed E-state index contributed by atoms with van der Waals surface area (Å²) in [7, 11) is 0. The minimum absolute atomic E-state index is 0.294. The minimum Gasteiger partial charge on any atom is -0.456 e. The molecule has 0 saturated heterocycles. The first-order valence-corrected chi connectivity index (χ1v) is 4.92. The standard InChI is InChI=1S/C13H12O3/c1-3-16-13(15)7-6-11-5-4-10(2)8-12(11)9-14/h4-5,8-9H,3H2,1-2H3. The van der Waals surface area contributed by atoms with Crippen molar-refractivity contribution in [2.24, 2.45) is 0 Å². The highest BCUT2D eigenvalue weighted by atomic mass is 16.5. The topological polar surface area (TPSA) is 43.4 Å². The van der Waals surface area contributed by atoms with E-state index in [1.165, 1.54) is 0 Å². The molecule has 0 bridgehead atoms. The lowest BCUT2D eigenvalue weighted by Gasteiger charge is -1.97. The lowest BCUT2D eigenvalue weighted by atomic mass is 10.1. The summed E-state index contributed by atoms with van der Waals surface area (Å²) in [6.45, 7) is 3.89. The summed E-state index contributed by atoms with van der Waals surface area (Å²) in [6, 6.07) is 5.27. The van der Waals surface area contributed by atoms with E-state index in [1.54, 1.807) is 19.1 Å². The summed E-state index contributed by atoms with van der Waals surface area (Å²) in [5, 5.41) is 0. The molecule has 0 aliphatic carbocycles. The molecule has 0 fully saturated rings.